The van der Waals surface area contributed by atoms with Gasteiger partial charge in [0, 0.05) is 6.07 Å². The molecule has 0 aliphatic heterocycles. The van der Waals surface area contributed by atoms with Crippen LogP contribution in [0.15, 0.2) is 16.8 Å². The molecular weight excluding hydrogens is 326 g/mol. The average Bonchev–Trinajstić information content (AvgIpc) is 3.17. The van der Waals surface area contributed by atoms with Crippen LogP contribution >= 0.6 is 22.7 Å². The fourth-order valence-corrected chi connectivity index (χ4v) is 4.03. The standard InChI is InChI=1S/C13H11N3O4S2/c1-3-19-12(18)9-6(2)8-11(21-9)16-13(22-8)15-10(17)7-4-5-14-20-7/h4-5H,3H2,1-2H3,(H,15,16,17). The molecule has 114 valence electrons. The number of fused-ring (bicyclic) bond motifs is 1. The molecule has 7 nitrogen and oxygen atoms in total. The number of carbonyl (C=O) groups is 2. The summed E-state index contributed by atoms with van der Waals surface area (Å²) in [5.41, 5.74) is 0.816. The van der Waals surface area contributed by atoms with E-state index in [4.69, 9.17) is 9.26 Å². The Labute approximate surface area is 132 Å². The van der Waals surface area contributed by atoms with Gasteiger partial charge in [0.1, 0.15) is 9.71 Å². The molecule has 0 atom stereocenters. The van der Waals surface area contributed by atoms with Gasteiger partial charge in [-0.2, -0.15) is 0 Å². The minimum absolute atomic E-state index is 0.113. The summed E-state index contributed by atoms with van der Waals surface area (Å²) >= 11 is 2.56. The molecule has 1 amide bonds. The highest BCUT2D eigenvalue weighted by atomic mass is 32.1. The van der Waals surface area contributed by atoms with E-state index in [9.17, 15) is 9.59 Å². The number of thiazole rings is 1. The normalized spacial score (nSPS) is 10.8. The summed E-state index contributed by atoms with van der Waals surface area (Å²) in [6.45, 7) is 3.93. The molecule has 9 heteroatoms. The smallest absolute Gasteiger partial charge is 0.348 e. The van der Waals surface area contributed by atoms with Crippen LogP contribution in [0.1, 0.15) is 32.7 Å². The number of nitrogens with zero attached hydrogens (tertiary/aromatic N) is 2. The summed E-state index contributed by atoms with van der Waals surface area (Å²) in [5, 5.41) is 6.57. The second kappa shape index (κ2) is 5.85. The summed E-state index contributed by atoms with van der Waals surface area (Å²) in [6.07, 6.45) is 1.39. The van der Waals surface area contributed by atoms with Crippen LogP contribution < -0.4 is 5.32 Å². The predicted octanol–water partition coefficient (Wildman–Crippen LogP) is 3.08. The number of ether oxygens (including phenoxy) is 1. The van der Waals surface area contributed by atoms with Crippen LogP contribution in [0, 0.1) is 6.92 Å². The van der Waals surface area contributed by atoms with Crippen molar-refractivity contribution < 1.29 is 18.8 Å². The Morgan fingerprint density at radius 2 is 2.23 bits per heavy atom. The van der Waals surface area contributed by atoms with Crippen LogP contribution in [0.3, 0.4) is 0 Å². The minimum atomic E-state index is -0.415. The van der Waals surface area contributed by atoms with Crippen molar-refractivity contribution in [2.45, 2.75) is 13.8 Å². The number of nitrogens with one attached hydrogen (secondary N) is 1. The van der Waals surface area contributed by atoms with Crippen molar-refractivity contribution in [2.24, 2.45) is 0 Å². The quantitative estimate of drug-likeness (QED) is 0.735. The molecule has 3 aromatic heterocycles. The lowest BCUT2D eigenvalue weighted by atomic mass is 10.3. The van der Waals surface area contributed by atoms with Gasteiger partial charge in [-0.25, -0.2) is 9.78 Å². The lowest BCUT2D eigenvalue weighted by Crippen LogP contribution is -2.10. The van der Waals surface area contributed by atoms with Crippen molar-refractivity contribution in [3.8, 4) is 0 Å². The molecule has 0 saturated heterocycles. The molecule has 0 fully saturated rings. The van der Waals surface area contributed by atoms with Gasteiger partial charge in [-0.15, -0.1) is 11.3 Å². The molecule has 0 spiro atoms. The maximum Gasteiger partial charge on any atom is 0.348 e. The minimum Gasteiger partial charge on any atom is -0.462 e. The first-order valence-corrected chi connectivity index (χ1v) is 8.02. The van der Waals surface area contributed by atoms with Gasteiger partial charge in [-0.1, -0.05) is 16.5 Å². The molecule has 0 aliphatic carbocycles. The van der Waals surface area contributed by atoms with E-state index >= 15 is 0 Å². The van der Waals surface area contributed by atoms with Gasteiger partial charge in [-0.3, -0.25) is 10.1 Å². The Kier molecular flexibility index (Phi) is 3.90. The van der Waals surface area contributed by atoms with Crippen LogP contribution in [0.2, 0.25) is 0 Å². The van der Waals surface area contributed by atoms with Gasteiger partial charge in [0.25, 0.3) is 5.91 Å². The number of rotatable bonds is 4. The monoisotopic (exact) mass is 337 g/mol. The topological polar surface area (TPSA) is 94.3 Å². The molecule has 3 aromatic rings. The molecule has 0 aromatic carbocycles. The van der Waals surface area contributed by atoms with Gasteiger partial charge in [-0.05, 0) is 19.4 Å². The second-order valence-electron chi connectivity index (χ2n) is 4.26. The number of aryl methyl sites for hydroxylation is 1. The zero-order valence-electron chi connectivity index (χ0n) is 11.7. The van der Waals surface area contributed by atoms with Crippen molar-refractivity contribution in [2.75, 3.05) is 11.9 Å². The van der Waals surface area contributed by atoms with E-state index in [0.29, 0.717) is 21.4 Å². The largest absolute Gasteiger partial charge is 0.462 e. The summed E-state index contributed by atoms with van der Waals surface area (Å²) < 4.78 is 10.7. The van der Waals surface area contributed by atoms with Crippen molar-refractivity contribution in [3.05, 3.63) is 28.5 Å². The number of amides is 1. The number of hydrogen-bond donors (Lipinski definition) is 1. The Morgan fingerprint density at radius 3 is 2.86 bits per heavy atom. The zero-order valence-corrected chi connectivity index (χ0v) is 13.3. The van der Waals surface area contributed by atoms with E-state index in [1.54, 1.807) is 6.92 Å². The van der Waals surface area contributed by atoms with Crippen LogP contribution in [0.4, 0.5) is 5.13 Å². The number of aromatic nitrogens is 2. The first kappa shape index (κ1) is 14.7. The third-order valence-electron chi connectivity index (χ3n) is 2.82. The first-order chi connectivity index (χ1) is 10.6. The van der Waals surface area contributed by atoms with Gasteiger partial charge in [0.15, 0.2) is 5.13 Å². The fourth-order valence-electron chi connectivity index (χ4n) is 1.83. The molecule has 1 N–H and O–H groups in total. The molecule has 0 aliphatic rings. The Hall–Kier alpha value is -2.26. The SMILES string of the molecule is CCOC(=O)c1sc2nc(NC(=O)c3ccno3)sc2c1C. The zero-order chi connectivity index (χ0) is 15.7. The summed E-state index contributed by atoms with van der Waals surface area (Å²) in [5.74, 6) is -0.646. The lowest BCUT2D eigenvalue weighted by molar-refractivity contribution is 0.0531. The van der Waals surface area contributed by atoms with Crippen LogP contribution in [0.5, 0.6) is 0 Å². The number of anilines is 1. The second-order valence-corrected chi connectivity index (χ2v) is 6.26. The summed E-state index contributed by atoms with van der Waals surface area (Å²) in [7, 11) is 0. The summed E-state index contributed by atoms with van der Waals surface area (Å²) in [4.78, 5) is 29.3. The molecule has 3 rings (SSSR count). The summed E-state index contributed by atoms with van der Waals surface area (Å²) in [6, 6.07) is 1.47. The third-order valence-corrected chi connectivity index (χ3v) is 5.20. The van der Waals surface area contributed by atoms with Crippen LogP contribution in [0.25, 0.3) is 9.53 Å². The van der Waals surface area contributed by atoms with Crippen molar-refractivity contribution in [3.63, 3.8) is 0 Å². The lowest BCUT2D eigenvalue weighted by Gasteiger charge is -1.99. The van der Waals surface area contributed by atoms with Crippen molar-refractivity contribution in [1.82, 2.24) is 10.1 Å². The molecule has 0 bridgehead atoms. The fraction of sp³-hybridized carbons (Fsp3) is 0.231. The highest BCUT2D eigenvalue weighted by molar-refractivity contribution is 7.30. The Morgan fingerprint density at radius 1 is 1.41 bits per heavy atom. The average molecular weight is 337 g/mol. The van der Waals surface area contributed by atoms with E-state index in [2.05, 4.69) is 15.5 Å². The molecule has 0 saturated carbocycles. The number of carbonyl (C=O) groups excluding carboxylic acids is 2. The molecule has 3 heterocycles. The Balaban J connectivity index is 1.85. The van der Waals surface area contributed by atoms with Gasteiger partial charge >= 0.3 is 5.97 Å². The maximum atomic E-state index is 11.9. The van der Waals surface area contributed by atoms with E-state index in [-0.39, 0.29) is 11.7 Å². The van der Waals surface area contributed by atoms with E-state index in [0.717, 1.165) is 10.3 Å². The molecular formula is C13H11N3O4S2. The number of thiophene rings is 1. The van der Waals surface area contributed by atoms with Crippen LogP contribution in [-0.2, 0) is 4.74 Å². The molecule has 0 radical (unpaired) electrons. The van der Waals surface area contributed by atoms with Crippen molar-refractivity contribution in [1.29, 1.82) is 0 Å². The Bertz CT molecular complexity index is 835. The van der Waals surface area contributed by atoms with Gasteiger partial charge < -0.3 is 9.26 Å². The van der Waals surface area contributed by atoms with E-state index < -0.39 is 5.91 Å². The third kappa shape index (κ3) is 2.60. The molecule has 0 unspecified atom stereocenters. The van der Waals surface area contributed by atoms with E-state index in [1.165, 1.54) is 34.9 Å². The van der Waals surface area contributed by atoms with Crippen LogP contribution in [-0.4, -0.2) is 28.6 Å². The van der Waals surface area contributed by atoms with Gasteiger partial charge in [0.2, 0.25) is 5.76 Å². The maximum absolute atomic E-state index is 11.9. The van der Waals surface area contributed by atoms with Gasteiger partial charge in [0.05, 0.1) is 17.5 Å². The van der Waals surface area contributed by atoms with E-state index in [1.807, 2.05) is 6.92 Å². The number of hydrogen-bond acceptors (Lipinski definition) is 8. The first-order valence-electron chi connectivity index (χ1n) is 6.39. The number of esters is 1. The van der Waals surface area contributed by atoms with Crippen molar-refractivity contribution >= 4 is 49.2 Å². The molecule has 22 heavy (non-hydrogen) atoms. The highest BCUT2D eigenvalue weighted by Gasteiger charge is 2.21. The highest BCUT2D eigenvalue weighted by Crippen LogP contribution is 2.37. The predicted molar refractivity (Wildman–Crippen MR) is 82.6 cm³/mol.